The lowest BCUT2D eigenvalue weighted by Gasteiger charge is -2.34. The van der Waals surface area contributed by atoms with Gasteiger partial charge in [-0.1, -0.05) is 47.7 Å². The SMILES string of the molecule is O=c1[nH]c2ccc(C(O)CN3CCC[C@@H](Cc4ccccc4)C3)cc2s1. The van der Waals surface area contributed by atoms with Crippen LogP contribution in [0.4, 0.5) is 0 Å². The van der Waals surface area contributed by atoms with E-state index >= 15 is 0 Å². The zero-order valence-corrected chi connectivity index (χ0v) is 15.5. The van der Waals surface area contributed by atoms with E-state index in [1.54, 1.807) is 0 Å². The number of rotatable bonds is 5. The maximum absolute atomic E-state index is 11.5. The van der Waals surface area contributed by atoms with E-state index < -0.39 is 6.10 Å². The quantitative estimate of drug-likeness (QED) is 0.724. The average molecular weight is 369 g/mol. The largest absolute Gasteiger partial charge is 0.387 e. The van der Waals surface area contributed by atoms with Crippen LogP contribution in [0.15, 0.2) is 53.3 Å². The normalized spacial score (nSPS) is 19.7. The van der Waals surface area contributed by atoms with E-state index in [9.17, 15) is 9.90 Å². The molecule has 136 valence electrons. The number of aromatic amines is 1. The summed E-state index contributed by atoms with van der Waals surface area (Å²) in [6.45, 7) is 2.73. The second-order valence-corrected chi connectivity index (χ2v) is 8.26. The highest BCUT2D eigenvalue weighted by Gasteiger charge is 2.22. The molecule has 1 unspecified atom stereocenters. The lowest BCUT2D eigenvalue weighted by Crippen LogP contribution is -2.38. The van der Waals surface area contributed by atoms with E-state index in [2.05, 4.69) is 40.2 Å². The highest BCUT2D eigenvalue weighted by molar-refractivity contribution is 7.16. The Morgan fingerprint density at radius 1 is 1.23 bits per heavy atom. The third-order valence-electron chi connectivity index (χ3n) is 5.23. The van der Waals surface area contributed by atoms with Gasteiger partial charge in [0.2, 0.25) is 0 Å². The number of aliphatic hydroxyl groups excluding tert-OH is 1. The maximum atomic E-state index is 11.5. The highest BCUT2D eigenvalue weighted by atomic mass is 32.1. The highest BCUT2D eigenvalue weighted by Crippen LogP contribution is 2.25. The fourth-order valence-corrected chi connectivity index (χ4v) is 4.74. The number of aromatic nitrogens is 1. The number of hydrogen-bond donors (Lipinski definition) is 2. The van der Waals surface area contributed by atoms with Gasteiger partial charge in [-0.2, -0.15) is 0 Å². The number of H-pyrrole nitrogens is 1. The van der Waals surface area contributed by atoms with Crippen LogP contribution in [-0.2, 0) is 6.42 Å². The van der Waals surface area contributed by atoms with Crippen molar-refractivity contribution in [2.24, 2.45) is 5.92 Å². The molecular formula is C21H24N2O2S. The van der Waals surface area contributed by atoms with Crippen LogP contribution in [0.1, 0.15) is 30.1 Å². The molecule has 2 aromatic carbocycles. The summed E-state index contributed by atoms with van der Waals surface area (Å²) < 4.78 is 0.909. The standard InChI is InChI=1S/C21H24N2O2S/c24-19(17-8-9-18-20(12-17)26-21(25)22-18)14-23-10-4-7-16(13-23)11-15-5-2-1-3-6-15/h1-3,5-6,8-9,12,16,19,24H,4,7,10-11,13-14H2,(H,22,25)/t16-,19?/m0/s1. The van der Waals surface area contributed by atoms with Gasteiger partial charge >= 0.3 is 4.87 Å². The molecule has 1 aromatic heterocycles. The van der Waals surface area contributed by atoms with Crippen LogP contribution in [0.5, 0.6) is 0 Å². The molecule has 2 atom stereocenters. The Morgan fingerprint density at radius 3 is 2.92 bits per heavy atom. The van der Waals surface area contributed by atoms with Crippen molar-refractivity contribution in [3.8, 4) is 0 Å². The van der Waals surface area contributed by atoms with Crippen LogP contribution in [0.2, 0.25) is 0 Å². The molecule has 26 heavy (non-hydrogen) atoms. The lowest BCUT2D eigenvalue weighted by atomic mass is 9.91. The molecule has 0 bridgehead atoms. The first-order valence-corrected chi connectivity index (χ1v) is 10.1. The Morgan fingerprint density at radius 2 is 2.08 bits per heavy atom. The van der Waals surface area contributed by atoms with Crippen LogP contribution in [0.25, 0.3) is 10.2 Å². The van der Waals surface area contributed by atoms with Gasteiger partial charge in [-0.25, -0.2) is 0 Å². The van der Waals surface area contributed by atoms with Crippen molar-refractivity contribution in [2.75, 3.05) is 19.6 Å². The Labute approximate surface area is 157 Å². The maximum Gasteiger partial charge on any atom is 0.305 e. The van der Waals surface area contributed by atoms with Crippen LogP contribution in [0.3, 0.4) is 0 Å². The van der Waals surface area contributed by atoms with E-state index in [0.717, 1.165) is 35.3 Å². The molecule has 0 amide bonds. The van der Waals surface area contributed by atoms with Gasteiger partial charge < -0.3 is 15.0 Å². The third-order valence-corrected chi connectivity index (χ3v) is 6.08. The van der Waals surface area contributed by atoms with Crippen molar-refractivity contribution in [3.63, 3.8) is 0 Å². The van der Waals surface area contributed by atoms with Crippen molar-refractivity contribution in [2.45, 2.75) is 25.4 Å². The number of piperidine rings is 1. The molecule has 3 aromatic rings. The summed E-state index contributed by atoms with van der Waals surface area (Å²) in [5.74, 6) is 0.649. The van der Waals surface area contributed by atoms with Crippen molar-refractivity contribution in [1.82, 2.24) is 9.88 Å². The molecule has 4 nitrogen and oxygen atoms in total. The average Bonchev–Trinajstić information content (AvgIpc) is 3.02. The molecule has 0 saturated carbocycles. The molecule has 5 heteroatoms. The smallest absolute Gasteiger partial charge is 0.305 e. The summed E-state index contributed by atoms with van der Waals surface area (Å²) in [5, 5.41) is 10.7. The van der Waals surface area contributed by atoms with Gasteiger partial charge in [0, 0.05) is 13.1 Å². The van der Waals surface area contributed by atoms with Gasteiger partial charge in [0.05, 0.1) is 16.3 Å². The topological polar surface area (TPSA) is 56.3 Å². The molecule has 1 saturated heterocycles. The van der Waals surface area contributed by atoms with Gasteiger partial charge in [0.15, 0.2) is 0 Å². The number of nitrogens with one attached hydrogen (secondary N) is 1. The Balaban J connectivity index is 1.39. The lowest BCUT2D eigenvalue weighted by molar-refractivity contribution is 0.0845. The second kappa shape index (κ2) is 7.74. The van der Waals surface area contributed by atoms with Gasteiger partial charge in [0.25, 0.3) is 0 Å². The Hall–Kier alpha value is -1.95. The zero-order valence-electron chi connectivity index (χ0n) is 14.7. The Bertz CT molecular complexity index is 918. The van der Waals surface area contributed by atoms with Gasteiger partial charge in [-0.3, -0.25) is 4.79 Å². The number of β-amino-alcohol motifs (C(OH)–C–C–N with tert-alkyl or cyclic N) is 1. The number of hydrogen-bond acceptors (Lipinski definition) is 4. The molecule has 0 aliphatic carbocycles. The third kappa shape index (κ3) is 4.06. The minimum Gasteiger partial charge on any atom is -0.387 e. The molecule has 4 rings (SSSR count). The summed E-state index contributed by atoms with van der Waals surface area (Å²) in [6.07, 6.45) is 3.02. The monoisotopic (exact) mass is 368 g/mol. The van der Waals surface area contributed by atoms with Crippen LogP contribution in [0, 0.1) is 5.92 Å². The van der Waals surface area contributed by atoms with Gasteiger partial charge in [0.1, 0.15) is 0 Å². The summed E-state index contributed by atoms with van der Waals surface area (Å²) in [7, 11) is 0. The minimum atomic E-state index is -0.521. The first-order chi connectivity index (χ1) is 12.7. The number of nitrogens with zero attached hydrogens (tertiary/aromatic N) is 1. The fourth-order valence-electron chi connectivity index (χ4n) is 3.95. The van der Waals surface area contributed by atoms with E-state index in [4.69, 9.17) is 0 Å². The molecule has 1 aliphatic rings. The van der Waals surface area contributed by atoms with Crippen LogP contribution < -0.4 is 4.87 Å². The molecule has 0 radical (unpaired) electrons. The number of benzene rings is 2. The zero-order chi connectivity index (χ0) is 17.9. The van der Waals surface area contributed by atoms with Crippen molar-refractivity contribution in [3.05, 3.63) is 69.3 Å². The van der Waals surface area contributed by atoms with E-state index in [-0.39, 0.29) is 4.87 Å². The van der Waals surface area contributed by atoms with Crippen molar-refractivity contribution >= 4 is 21.6 Å². The summed E-state index contributed by atoms with van der Waals surface area (Å²) in [5.41, 5.74) is 3.13. The number of thiazole rings is 1. The molecule has 2 N–H and O–H groups in total. The fraction of sp³-hybridized carbons (Fsp3) is 0.381. The summed E-state index contributed by atoms with van der Waals surface area (Å²) in [4.78, 5) is 16.6. The predicted molar refractivity (Wildman–Crippen MR) is 107 cm³/mol. The van der Waals surface area contributed by atoms with Crippen molar-refractivity contribution < 1.29 is 5.11 Å². The van der Waals surface area contributed by atoms with Crippen LogP contribution in [-0.4, -0.2) is 34.6 Å². The number of likely N-dealkylation sites (tertiary alicyclic amines) is 1. The van der Waals surface area contributed by atoms with E-state index in [0.29, 0.717) is 12.5 Å². The van der Waals surface area contributed by atoms with Gasteiger partial charge in [-0.05, 0) is 55.0 Å². The first-order valence-electron chi connectivity index (χ1n) is 9.24. The number of fused-ring (bicyclic) bond motifs is 1. The predicted octanol–water partition coefficient (Wildman–Crippen LogP) is 3.58. The molecule has 1 aliphatic heterocycles. The van der Waals surface area contributed by atoms with Crippen molar-refractivity contribution in [1.29, 1.82) is 0 Å². The van der Waals surface area contributed by atoms with E-state index in [1.807, 2.05) is 18.2 Å². The summed E-state index contributed by atoms with van der Waals surface area (Å²) in [6, 6.07) is 16.4. The molecular weight excluding hydrogens is 344 g/mol. The minimum absolute atomic E-state index is 0.0496. The second-order valence-electron chi connectivity index (χ2n) is 7.24. The summed E-state index contributed by atoms with van der Waals surface area (Å²) >= 11 is 1.20. The molecule has 0 spiro atoms. The molecule has 1 fully saturated rings. The number of aliphatic hydroxyl groups is 1. The molecule has 2 heterocycles. The van der Waals surface area contributed by atoms with Gasteiger partial charge in [-0.15, -0.1) is 0 Å². The first kappa shape index (κ1) is 17.5. The Kier molecular flexibility index (Phi) is 5.20. The van der Waals surface area contributed by atoms with Crippen LogP contribution >= 0.6 is 11.3 Å². The van der Waals surface area contributed by atoms with E-state index in [1.165, 1.54) is 29.7 Å².